The van der Waals surface area contributed by atoms with Gasteiger partial charge >= 0.3 is 0 Å². The van der Waals surface area contributed by atoms with E-state index in [4.69, 9.17) is 5.73 Å². The predicted molar refractivity (Wildman–Crippen MR) is 64.6 cm³/mol. The fraction of sp³-hybridized carbons (Fsp3) is 1.00. The zero-order valence-electron chi connectivity index (χ0n) is 9.51. The average Bonchev–Trinajstić information content (AvgIpc) is 2.47. The van der Waals surface area contributed by atoms with Crippen molar-refractivity contribution in [1.82, 2.24) is 0 Å². The molecule has 0 aromatic heterocycles. The molecule has 0 aromatic rings. The van der Waals surface area contributed by atoms with Gasteiger partial charge < -0.3 is 5.73 Å². The van der Waals surface area contributed by atoms with Gasteiger partial charge in [-0.2, -0.15) is 11.8 Å². The summed E-state index contributed by atoms with van der Waals surface area (Å²) in [5, 5.41) is 0. The zero-order valence-corrected chi connectivity index (χ0v) is 10.3. The molecule has 0 radical (unpaired) electrons. The molecule has 1 aliphatic carbocycles. The molecule has 0 amide bonds. The molecule has 1 unspecified atom stereocenters. The molecular weight excluding hydrogens is 190 g/mol. The van der Waals surface area contributed by atoms with Crippen LogP contribution in [0.15, 0.2) is 0 Å². The van der Waals surface area contributed by atoms with Crippen LogP contribution in [0.4, 0.5) is 0 Å². The standard InChI is InChI=1S/C12H23NS/c1-11(2)10(6-9-14-11)12(13)7-4-3-5-8-12/h10H,3-9,13H2,1-2H3. The number of hydrogen-bond donors (Lipinski definition) is 1. The van der Waals surface area contributed by atoms with E-state index in [1.807, 2.05) is 0 Å². The minimum absolute atomic E-state index is 0.172. The molecule has 1 nitrogen and oxygen atoms in total. The first-order chi connectivity index (χ1) is 6.55. The third-order valence-corrected chi connectivity index (χ3v) is 5.67. The van der Waals surface area contributed by atoms with Gasteiger partial charge in [0.25, 0.3) is 0 Å². The van der Waals surface area contributed by atoms with Crippen molar-refractivity contribution >= 4 is 11.8 Å². The highest BCUT2D eigenvalue weighted by Gasteiger charge is 2.47. The van der Waals surface area contributed by atoms with E-state index in [1.54, 1.807) is 0 Å². The Balaban J connectivity index is 2.12. The molecule has 2 N–H and O–H groups in total. The van der Waals surface area contributed by atoms with Crippen LogP contribution in [0.5, 0.6) is 0 Å². The molecule has 0 spiro atoms. The van der Waals surface area contributed by atoms with Gasteiger partial charge in [-0.15, -0.1) is 0 Å². The fourth-order valence-electron chi connectivity index (χ4n) is 3.43. The molecule has 2 heteroatoms. The van der Waals surface area contributed by atoms with Gasteiger partial charge in [-0.3, -0.25) is 0 Å². The molecule has 1 saturated heterocycles. The second kappa shape index (κ2) is 3.71. The van der Waals surface area contributed by atoms with E-state index in [1.165, 1.54) is 44.3 Å². The summed E-state index contributed by atoms with van der Waals surface area (Å²) in [4.78, 5) is 0. The lowest BCUT2D eigenvalue weighted by molar-refractivity contribution is 0.171. The van der Waals surface area contributed by atoms with Crippen molar-refractivity contribution in [1.29, 1.82) is 0 Å². The highest BCUT2D eigenvalue weighted by Crippen LogP contribution is 2.50. The molecular formula is C12H23NS. The molecule has 2 fully saturated rings. The van der Waals surface area contributed by atoms with Crippen LogP contribution in [-0.4, -0.2) is 16.0 Å². The van der Waals surface area contributed by atoms with Gasteiger partial charge in [-0.05, 0) is 30.9 Å². The Labute approximate surface area is 92.2 Å². The Bertz CT molecular complexity index is 206. The second-order valence-corrected chi connectivity index (χ2v) is 7.34. The molecule has 82 valence electrons. The van der Waals surface area contributed by atoms with Gasteiger partial charge in [0.15, 0.2) is 0 Å². The molecule has 1 heterocycles. The molecule has 0 aromatic carbocycles. The molecule has 1 saturated carbocycles. The Morgan fingerprint density at radius 2 is 1.79 bits per heavy atom. The van der Waals surface area contributed by atoms with Gasteiger partial charge in [-0.25, -0.2) is 0 Å². The summed E-state index contributed by atoms with van der Waals surface area (Å²) < 4.78 is 0.423. The maximum absolute atomic E-state index is 6.63. The Morgan fingerprint density at radius 1 is 1.14 bits per heavy atom. The van der Waals surface area contributed by atoms with Crippen molar-refractivity contribution < 1.29 is 0 Å². The van der Waals surface area contributed by atoms with Gasteiger partial charge in [0.2, 0.25) is 0 Å². The SMILES string of the molecule is CC1(C)SCCC1C1(N)CCCCC1. The maximum atomic E-state index is 6.63. The first-order valence-electron chi connectivity index (χ1n) is 5.97. The van der Waals surface area contributed by atoms with Crippen LogP contribution in [0.1, 0.15) is 52.4 Å². The lowest BCUT2D eigenvalue weighted by Gasteiger charge is -2.44. The second-order valence-electron chi connectivity index (χ2n) is 5.59. The fourth-order valence-corrected chi connectivity index (χ4v) is 4.86. The summed E-state index contributed by atoms with van der Waals surface area (Å²) in [5.41, 5.74) is 6.80. The third kappa shape index (κ3) is 1.83. The summed E-state index contributed by atoms with van der Waals surface area (Å²) in [7, 11) is 0. The quantitative estimate of drug-likeness (QED) is 0.724. The topological polar surface area (TPSA) is 26.0 Å². The van der Waals surface area contributed by atoms with Gasteiger partial charge in [0.1, 0.15) is 0 Å². The van der Waals surface area contributed by atoms with E-state index in [0.717, 1.165) is 5.92 Å². The lowest BCUT2D eigenvalue weighted by Crippen LogP contribution is -2.53. The van der Waals surface area contributed by atoms with Gasteiger partial charge in [-0.1, -0.05) is 33.1 Å². The van der Waals surface area contributed by atoms with Crippen LogP contribution in [0.3, 0.4) is 0 Å². The first kappa shape index (κ1) is 10.8. The van der Waals surface area contributed by atoms with Crippen molar-refractivity contribution in [2.24, 2.45) is 11.7 Å². The van der Waals surface area contributed by atoms with E-state index in [0.29, 0.717) is 4.75 Å². The number of rotatable bonds is 1. The zero-order chi connectivity index (χ0) is 10.2. The minimum atomic E-state index is 0.172. The van der Waals surface area contributed by atoms with Crippen molar-refractivity contribution in [2.75, 3.05) is 5.75 Å². The third-order valence-electron chi connectivity index (χ3n) is 4.20. The Hall–Kier alpha value is 0.310. The normalized spacial score (nSPS) is 35.8. The summed E-state index contributed by atoms with van der Waals surface area (Å²) in [6, 6.07) is 0. The summed E-state index contributed by atoms with van der Waals surface area (Å²) in [5.74, 6) is 2.07. The number of thioether (sulfide) groups is 1. The van der Waals surface area contributed by atoms with E-state index >= 15 is 0 Å². The van der Waals surface area contributed by atoms with Crippen LogP contribution < -0.4 is 5.73 Å². The number of nitrogens with two attached hydrogens (primary N) is 1. The predicted octanol–water partition coefficient (Wildman–Crippen LogP) is 3.18. The van der Waals surface area contributed by atoms with E-state index < -0.39 is 0 Å². The Morgan fingerprint density at radius 3 is 2.29 bits per heavy atom. The summed E-state index contributed by atoms with van der Waals surface area (Å²) in [6.07, 6.45) is 7.98. The van der Waals surface area contributed by atoms with E-state index in [2.05, 4.69) is 25.6 Å². The summed E-state index contributed by atoms with van der Waals surface area (Å²) in [6.45, 7) is 4.77. The van der Waals surface area contributed by atoms with Gasteiger partial charge in [0.05, 0.1) is 0 Å². The minimum Gasteiger partial charge on any atom is -0.325 e. The van der Waals surface area contributed by atoms with Crippen LogP contribution >= 0.6 is 11.8 Å². The highest BCUT2D eigenvalue weighted by atomic mass is 32.2. The van der Waals surface area contributed by atoms with Crippen molar-refractivity contribution in [3.8, 4) is 0 Å². The number of hydrogen-bond acceptors (Lipinski definition) is 2. The molecule has 2 aliphatic rings. The van der Waals surface area contributed by atoms with Crippen molar-refractivity contribution in [3.05, 3.63) is 0 Å². The summed E-state index contributed by atoms with van der Waals surface area (Å²) >= 11 is 2.12. The van der Waals surface area contributed by atoms with Crippen LogP contribution in [0.25, 0.3) is 0 Å². The molecule has 0 bridgehead atoms. The van der Waals surface area contributed by atoms with Gasteiger partial charge in [0, 0.05) is 10.3 Å². The first-order valence-corrected chi connectivity index (χ1v) is 6.96. The smallest absolute Gasteiger partial charge is 0.0196 e. The maximum Gasteiger partial charge on any atom is 0.0196 e. The molecule has 1 aliphatic heterocycles. The molecule has 1 atom stereocenters. The molecule has 14 heavy (non-hydrogen) atoms. The highest BCUT2D eigenvalue weighted by molar-refractivity contribution is 8.00. The van der Waals surface area contributed by atoms with Crippen LogP contribution in [0.2, 0.25) is 0 Å². The van der Waals surface area contributed by atoms with Crippen molar-refractivity contribution in [2.45, 2.75) is 62.7 Å². The average molecular weight is 213 g/mol. The van der Waals surface area contributed by atoms with Crippen LogP contribution in [-0.2, 0) is 0 Å². The molecule has 2 rings (SSSR count). The monoisotopic (exact) mass is 213 g/mol. The largest absolute Gasteiger partial charge is 0.325 e. The lowest BCUT2D eigenvalue weighted by atomic mass is 9.68. The Kier molecular flexibility index (Phi) is 2.87. The van der Waals surface area contributed by atoms with E-state index in [-0.39, 0.29) is 5.54 Å². The van der Waals surface area contributed by atoms with E-state index in [9.17, 15) is 0 Å². The van der Waals surface area contributed by atoms with Crippen LogP contribution in [0, 0.1) is 5.92 Å². The van der Waals surface area contributed by atoms with Crippen molar-refractivity contribution in [3.63, 3.8) is 0 Å².